The third kappa shape index (κ3) is 2.91. The number of hydrogen-bond acceptors (Lipinski definition) is 1. The topological polar surface area (TPSA) is 9.23 Å². The molecule has 2 heteroatoms. The highest BCUT2D eigenvalue weighted by Crippen LogP contribution is 2.28. The van der Waals surface area contributed by atoms with Crippen LogP contribution in [0, 0.1) is 5.92 Å². The van der Waals surface area contributed by atoms with Crippen molar-refractivity contribution in [3.8, 4) is 5.75 Å². The molecule has 0 N–H and O–H groups in total. The lowest BCUT2D eigenvalue weighted by molar-refractivity contribution is 0.335. The van der Waals surface area contributed by atoms with E-state index in [9.17, 15) is 0 Å². The molecule has 0 saturated heterocycles. The molecule has 0 atom stereocenters. The van der Waals surface area contributed by atoms with Crippen molar-refractivity contribution in [2.45, 2.75) is 27.2 Å². The molecule has 0 spiro atoms. The van der Waals surface area contributed by atoms with E-state index in [1.807, 2.05) is 25.1 Å². The first-order valence-corrected chi connectivity index (χ1v) is 5.43. The van der Waals surface area contributed by atoms with E-state index in [1.54, 1.807) is 0 Å². The monoisotopic (exact) mass is 212 g/mol. The Kier molecular flexibility index (Phi) is 4.27. The van der Waals surface area contributed by atoms with E-state index in [0.29, 0.717) is 12.5 Å². The molecule has 0 fully saturated rings. The van der Waals surface area contributed by atoms with Crippen molar-refractivity contribution in [2.75, 3.05) is 6.61 Å². The summed E-state index contributed by atoms with van der Waals surface area (Å²) in [6, 6.07) is 5.83. The Morgan fingerprint density at radius 2 is 2.07 bits per heavy atom. The average Bonchev–Trinajstić information content (AvgIpc) is 2.11. The standard InChI is InChI=1S/C12H17ClO/c1-4-14-12-7-5-6-11(13)10(12)8-9(2)3/h5-7,9H,4,8H2,1-3H3. The fourth-order valence-electron chi connectivity index (χ4n) is 1.44. The van der Waals surface area contributed by atoms with Gasteiger partial charge < -0.3 is 4.74 Å². The van der Waals surface area contributed by atoms with Crippen LogP contribution in [0.25, 0.3) is 0 Å². The molecule has 0 unspecified atom stereocenters. The second-order valence-electron chi connectivity index (χ2n) is 3.75. The van der Waals surface area contributed by atoms with Crippen LogP contribution in [0.3, 0.4) is 0 Å². The van der Waals surface area contributed by atoms with E-state index in [1.165, 1.54) is 0 Å². The highest BCUT2D eigenvalue weighted by atomic mass is 35.5. The van der Waals surface area contributed by atoms with Crippen LogP contribution >= 0.6 is 11.6 Å². The van der Waals surface area contributed by atoms with Gasteiger partial charge in [-0.25, -0.2) is 0 Å². The third-order valence-electron chi connectivity index (χ3n) is 1.99. The Labute approximate surface area is 91.0 Å². The van der Waals surface area contributed by atoms with Crippen LogP contribution in [0.5, 0.6) is 5.75 Å². The lowest BCUT2D eigenvalue weighted by Gasteiger charge is -2.13. The number of benzene rings is 1. The third-order valence-corrected chi connectivity index (χ3v) is 2.34. The molecule has 0 aliphatic heterocycles. The quantitative estimate of drug-likeness (QED) is 0.735. The average molecular weight is 213 g/mol. The van der Waals surface area contributed by atoms with Gasteiger partial charge in [0.2, 0.25) is 0 Å². The summed E-state index contributed by atoms with van der Waals surface area (Å²) in [5, 5.41) is 0.810. The van der Waals surface area contributed by atoms with E-state index in [-0.39, 0.29) is 0 Å². The molecule has 78 valence electrons. The minimum atomic E-state index is 0.592. The Morgan fingerprint density at radius 1 is 1.36 bits per heavy atom. The summed E-state index contributed by atoms with van der Waals surface area (Å²) in [5.41, 5.74) is 1.13. The largest absolute Gasteiger partial charge is 0.494 e. The van der Waals surface area contributed by atoms with Gasteiger partial charge in [-0.05, 0) is 31.4 Å². The molecule has 0 aliphatic carbocycles. The molecule has 1 aromatic rings. The zero-order valence-electron chi connectivity index (χ0n) is 9.01. The Bertz CT molecular complexity index is 294. The minimum absolute atomic E-state index is 0.592. The van der Waals surface area contributed by atoms with Gasteiger partial charge in [-0.15, -0.1) is 0 Å². The summed E-state index contributed by atoms with van der Waals surface area (Å²) < 4.78 is 5.53. The van der Waals surface area contributed by atoms with Crippen molar-refractivity contribution < 1.29 is 4.74 Å². The number of halogens is 1. The number of hydrogen-bond donors (Lipinski definition) is 0. The van der Waals surface area contributed by atoms with Crippen LogP contribution in [0.2, 0.25) is 5.02 Å². The minimum Gasteiger partial charge on any atom is -0.494 e. The van der Waals surface area contributed by atoms with Crippen LogP contribution in [-0.2, 0) is 6.42 Å². The van der Waals surface area contributed by atoms with Crippen LogP contribution in [0.1, 0.15) is 26.3 Å². The fraction of sp³-hybridized carbons (Fsp3) is 0.500. The SMILES string of the molecule is CCOc1cccc(Cl)c1CC(C)C. The Balaban J connectivity index is 2.96. The molecule has 1 aromatic carbocycles. The second-order valence-corrected chi connectivity index (χ2v) is 4.15. The van der Waals surface area contributed by atoms with Gasteiger partial charge >= 0.3 is 0 Å². The molecule has 0 bridgehead atoms. The summed E-state index contributed by atoms with van der Waals surface area (Å²) in [5.74, 6) is 1.52. The lowest BCUT2D eigenvalue weighted by atomic mass is 10.0. The molecule has 0 aliphatic rings. The molecule has 0 aromatic heterocycles. The van der Waals surface area contributed by atoms with Gasteiger partial charge in [-0.2, -0.15) is 0 Å². The Morgan fingerprint density at radius 3 is 2.64 bits per heavy atom. The summed E-state index contributed by atoms with van der Waals surface area (Å²) in [6.07, 6.45) is 0.967. The van der Waals surface area contributed by atoms with E-state index in [4.69, 9.17) is 16.3 Å². The fourth-order valence-corrected chi connectivity index (χ4v) is 1.68. The smallest absolute Gasteiger partial charge is 0.123 e. The number of ether oxygens (including phenoxy) is 1. The van der Waals surface area contributed by atoms with Gasteiger partial charge in [-0.3, -0.25) is 0 Å². The van der Waals surface area contributed by atoms with Crippen LogP contribution in [0.15, 0.2) is 18.2 Å². The van der Waals surface area contributed by atoms with Crippen LogP contribution in [0.4, 0.5) is 0 Å². The van der Waals surface area contributed by atoms with E-state index in [0.717, 1.165) is 22.8 Å². The Hall–Kier alpha value is -0.690. The molecular formula is C12H17ClO. The van der Waals surface area contributed by atoms with E-state index >= 15 is 0 Å². The number of rotatable bonds is 4. The molecule has 0 heterocycles. The van der Waals surface area contributed by atoms with Crippen molar-refractivity contribution >= 4 is 11.6 Å². The first kappa shape index (κ1) is 11.4. The summed E-state index contributed by atoms with van der Waals surface area (Å²) in [4.78, 5) is 0. The highest BCUT2D eigenvalue weighted by molar-refractivity contribution is 6.31. The van der Waals surface area contributed by atoms with Gasteiger partial charge in [0.15, 0.2) is 0 Å². The van der Waals surface area contributed by atoms with Crippen molar-refractivity contribution in [3.63, 3.8) is 0 Å². The van der Waals surface area contributed by atoms with E-state index < -0.39 is 0 Å². The van der Waals surface area contributed by atoms with Crippen molar-refractivity contribution in [1.29, 1.82) is 0 Å². The summed E-state index contributed by atoms with van der Waals surface area (Å²) in [7, 11) is 0. The van der Waals surface area contributed by atoms with Crippen molar-refractivity contribution in [1.82, 2.24) is 0 Å². The maximum absolute atomic E-state index is 6.13. The normalized spacial score (nSPS) is 10.6. The van der Waals surface area contributed by atoms with Gasteiger partial charge in [0.1, 0.15) is 5.75 Å². The lowest BCUT2D eigenvalue weighted by Crippen LogP contribution is -2.01. The van der Waals surface area contributed by atoms with Gasteiger partial charge in [0.05, 0.1) is 6.61 Å². The van der Waals surface area contributed by atoms with Gasteiger partial charge in [0.25, 0.3) is 0 Å². The molecule has 1 nitrogen and oxygen atoms in total. The maximum atomic E-state index is 6.13. The van der Waals surface area contributed by atoms with Crippen molar-refractivity contribution in [2.24, 2.45) is 5.92 Å². The predicted molar refractivity (Wildman–Crippen MR) is 61.2 cm³/mol. The second kappa shape index (κ2) is 5.26. The summed E-state index contributed by atoms with van der Waals surface area (Å²) >= 11 is 6.13. The van der Waals surface area contributed by atoms with Gasteiger partial charge in [0, 0.05) is 10.6 Å². The predicted octanol–water partition coefficient (Wildman–Crippen LogP) is 3.94. The maximum Gasteiger partial charge on any atom is 0.123 e. The summed E-state index contributed by atoms with van der Waals surface area (Å²) in [6.45, 7) is 7.03. The molecule has 0 amide bonds. The van der Waals surface area contributed by atoms with E-state index in [2.05, 4.69) is 13.8 Å². The molecule has 0 saturated carbocycles. The molecule has 0 radical (unpaired) electrons. The molecule has 14 heavy (non-hydrogen) atoms. The highest BCUT2D eigenvalue weighted by Gasteiger charge is 2.09. The van der Waals surface area contributed by atoms with Gasteiger partial charge in [-0.1, -0.05) is 31.5 Å². The van der Waals surface area contributed by atoms with Crippen molar-refractivity contribution in [3.05, 3.63) is 28.8 Å². The zero-order valence-corrected chi connectivity index (χ0v) is 9.77. The first-order valence-electron chi connectivity index (χ1n) is 5.05. The van der Waals surface area contributed by atoms with Crippen LogP contribution in [-0.4, -0.2) is 6.61 Å². The first-order chi connectivity index (χ1) is 6.65. The van der Waals surface area contributed by atoms with Crippen LogP contribution < -0.4 is 4.74 Å². The zero-order chi connectivity index (χ0) is 10.6. The molecule has 1 rings (SSSR count). The molecular weight excluding hydrogens is 196 g/mol.